The average Bonchev–Trinajstić information content (AvgIpc) is 2.47. The molecule has 1 aliphatic rings. The summed E-state index contributed by atoms with van der Waals surface area (Å²) in [6.07, 6.45) is 1.72. The van der Waals surface area contributed by atoms with Crippen molar-refractivity contribution in [2.24, 2.45) is 0 Å². The van der Waals surface area contributed by atoms with E-state index >= 15 is 0 Å². The highest BCUT2D eigenvalue weighted by Crippen LogP contribution is 2.29. The molecule has 1 aliphatic heterocycles. The van der Waals surface area contributed by atoms with E-state index in [1.165, 1.54) is 24.1 Å². The molecule has 1 aromatic rings. The van der Waals surface area contributed by atoms with Gasteiger partial charge in [-0.15, -0.1) is 0 Å². The molecule has 21 heavy (non-hydrogen) atoms. The second-order valence-corrected chi connectivity index (χ2v) is 5.67. The third-order valence-corrected chi connectivity index (χ3v) is 4.12. The van der Waals surface area contributed by atoms with Gasteiger partial charge in [-0.1, -0.05) is 11.6 Å². The SMILES string of the molecule is CCOC(=O)C1=CCOC[C@H]1SNc1ccc(F)cc1Cl. The number of nitrogens with one attached hydrogen (secondary N) is 1. The number of ether oxygens (including phenoxy) is 2. The first-order valence-corrected chi connectivity index (χ1v) is 7.69. The topological polar surface area (TPSA) is 47.6 Å². The summed E-state index contributed by atoms with van der Waals surface area (Å²) in [5, 5.41) is 0.0693. The molecule has 0 unspecified atom stereocenters. The van der Waals surface area contributed by atoms with Crippen molar-refractivity contribution in [3.63, 3.8) is 0 Å². The number of esters is 1. The lowest BCUT2D eigenvalue weighted by Crippen LogP contribution is -2.27. The molecular weight excluding hydrogens is 317 g/mol. The third-order valence-electron chi connectivity index (χ3n) is 2.79. The van der Waals surface area contributed by atoms with Crippen LogP contribution in [0.2, 0.25) is 5.02 Å². The van der Waals surface area contributed by atoms with Gasteiger partial charge in [-0.3, -0.25) is 0 Å². The molecule has 0 saturated carbocycles. The van der Waals surface area contributed by atoms with E-state index in [2.05, 4.69) is 4.72 Å². The summed E-state index contributed by atoms with van der Waals surface area (Å²) in [4.78, 5) is 11.9. The Balaban J connectivity index is 2.02. The molecule has 7 heteroatoms. The maximum Gasteiger partial charge on any atom is 0.335 e. The van der Waals surface area contributed by atoms with Crippen molar-refractivity contribution in [1.29, 1.82) is 0 Å². The Bertz CT molecular complexity index is 553. The molecule has 1 aromatic carbocycles. The molecular formula is C14H15ClFNO3S. The van der Waals surface area contributed by atoms with E-state index in [1.54, 1.807) is 19.1 Å². The number of carbonyl (C=O) groups is 1. The lowest BCUT2D eigenvalue weighted by Gasteiger charge is -2.23. The molecule has 0 radical (unpaired) electrons. The van der Waals surface area contributed by atoms with Crippen LogP contribution in [0.25, 0.3) is 0 Å². The van der Waals surface area contributed by atoms with Gasteiger partial charge in [0.2, 0.25) is 0 Å². The van der Waals surface area contributed by atoms with E-state index in [1.807, 2.05) is 0 Å². The molecule has 1 N–H and O–H groups in total. The maximum absolute atomic E-state index is 13.0. The van der Waals surface area contributed by atoms with Crippen molar-refractivity contribution < 1.29 is 18.7 Å². The second kappa shape index (κ2) is 7.68. The van der Waals surface area contributed by atoms with Crippen LogP contribution in [0, 0.1) is 5.82 Å². The smallest absolute Gasteiger partial charge is 0.335 e. The molecule has 1 atom stereocenters. The van der Waals surface area contributed by atoms with Crippen molar-refractivity contribution >= 4 is 35.2 Å². The zero-order chi connectivity index (χ0) is 15.2. The van der Waals surface area contributed by atoms with Crippen LogP contribution in [-0.2, 0) is 14.3 Å². The van der Waals surface area contributed by atoms with Gasteiger partial charge in [0.05, 0.1) is 41.4 Å². The van der Waals surface area contributed by atoms with Gasteiger partial charge in [0, 0.05) is 0 Å². The van der Waals surface area contributed by atoms with Crippen LogP contribution in [0.3, 0.4) is 0 Å². The summed E-state index contributed by atoms with van der Waals surface area (Å²) in [7, 11) is 0. The van der Waals surface area contributed by atoms with Gasteiger partial charge in [0.25, 0.3) is 0 Å². The van der Waals surface area contributed by atoms with Gasteiger partial charge < -0.3 is 14.2 Å². The van der Waals surface area contributed by atoms with Crippen molar-refractivity contribution in [3.05, 3.63) is 40.7 Å². The molecule has 0 aromatic heterocycles. The van der Waals surface area contributed by atoms with Crippen LogP contribution < -0.4 is 4.72 Å². The second-order valence-electron chi connectivity index (χ2n) is 4.25. The molecule has 0 saturated heterocycles. The van der Waals surface area contributed by atoms with E-state index in [9.17, 15) is 9.18 Å². The van der Waals surface area contributed by atoms with Gasteiger partial charge in [-0.25, -0.2) is 9.18 Å². The normalized spacial score (nSPS) is 18.0. The molecule has 0 aliphatic carbocycles. The zero-order valence-electron chi connectivity index (χ0n) is 11.4. The maximum atomic E-state index is 13.0. The first kappa shape index (κ1) is 16.1. The number of halogens is 2. The Morgan fingerprint density at radius 1 is 1.62 bits per heavy atom. The fraction of sp³-hybridized carbons (Fsp3) is 0.357. The molecule has 0 fully saturated rings. The first-order chi connectivity index (χ1) is 10.1. The predicted octanol–water partition coefficient (Wildman–Crippen LogP) is 3.43. The van der Waals surface area contributed by atoms with E-state index in [-0.39, 0.29) is 16.2 Å². The van der Waals surface area contributed by atoms with E-state index in [4.69, 9.17) is 21.1 Å². The van der Waals surface area contributed by atoms with Crippen molar-refractivity contribution in [2.45, 2.75) is 12.2 Å². The Hall–Kier alpha value is -1.24. The molecule has 1 heterocycles. The Kier molecular flexibility index (Phi) is 5.90. The fourth-order valence-corrected chi connectivity index (χ4v) is 2.98. The summed E-state index contributed by atoms with van der Waals surface area (Å²) >= 11 is 7.22. The first-order valence-electron chi connectivity index (χ1n) is 6.43. The van der Waals surface area contributed by atoms with Crippen LogP contribution in [0.15, 0.2) is 29.8 Å². The Labute approximate surface area is 131 Å². The highest BCUT2D eigenvalue weighted by Gasteiger charge is 2.26. The minimum absolute atomic E-state index is 0.209. The van der Waals surface area contributed by atoms with Crippen LogP contribution in [0.4, 0.5) is 10.1 Å². The quantitative estimate of drug-likeness (QED) is 0.661. The number of hydrogen-bond acceptors (Lipinski definition) is 5. The summed E-state index contributed by atoms with van der Waals surface area (Å²) in [6, 6.07) is 4.08. The third kappa shape index (κ3) is 4.36. The lowest BCUT2D eigenvalue weighted by atomic mass is 10.1. The number of rotatable bonds is 5. The standard InChI is InChI=1S/C14H15ClFNO3S/c1-2-20-14(18)10-5-6-19-8-13(10)21-17-12-4-3-9(16)7-11(12)15/h3-5,7,13,17H,2,6,8H2,1H3/t13-/m1/s1. The van der Waals surface area contributed by atoms with Crippen LogP contribution in [0.5, 0.6) is 0 Å². The van der Waals surface area contributed by atoms with Gasteiger partial charge in [-0.05, 0) is 43.1 Å². The largest absolute Gasteiger partial charge is 0.463 e. The van der Waals surface area contributed by atoms with Crippen molar-refractivity contribution in [1.82, 2.24) is 0 Å². The summed E-state index contributed by atoms with van der Waals surface area (Å²) in [5.74, 6) is -0.742. The zero-order valence-corrected chi connectivity index (χ0v) is 13.0. The number of hydrogen-bond donors (Lipinski definition) is 1. The van der Waals surface area contributed by atoms with Crippen LogP contribution >= 0.6 is 23.5 Å². The monoisotopic (exact) mass is 331 g/mol. The summed E-state index contributed by atoms with van der Waals surface area (Å²) in [6.45, 7) is 2.87. The Morgan fingerprint density at radius 3 is 3.14 bits per heavy atom. The van der Waals surface area contributed by atoms with Gasteiger partial charge in [0.15, 0.2) is 0 Å². The minimum Gasteiger partial charge on any atom is -0.463 e. The van der Waals surface area contributed by atoms with Gasteiger partial charge >= 0.3 is 5.97 Å². The van der Waals surface area contributed by atoms with Crippen molar-refractivity contribution in [2.75, 3.05) is 24.5 Å². The highest BCUT2D eigenvalue weighted by molar-refractivity contribution is 8.01. The van der Waals surface area contributed by atoms with Gasteiger partial charge in [-0.2, -0.15) is 0 Å². The van der Waals surface area contributed by atoms with Crippen LogP contribution in [-0.4, -0.2) is 31.0 Å². The van der Waals surface area contributed by atoms with Crippen molar-refractivity contribution in [3.8, 4) is 0 Å². The molecule has 0 spiro atoms. The Morgan fingerprint density at radius 2 is 2.43 bits per heavy atom. The fourth-order valence-electron chi connectivity index (χ4n) is 1.78. The molecule has 2 rings (SSSR count). The molecule has 0 bridgehead atoms. The predicted molar refractivity (Wildman–Crippen MR) is 81.9 cm³/mol. The number of anilines is 1. The lowest BCUT2D eigenvalue weighted by molar-refractivity contribution is -0.138. The van der Waals surface area contributed by atoms with Gasteiger partial charge in [0.1, 0.15) is 5.82 Å². The minimum atomic E-state index is -0.399. The summed E-state index contributed by atoms with van der Waals surface area (Å²) < 4.78 is 26.4. The van der Waals surface area contributed by atoms with Crippen LogP contribution in [0.1, 0.15) is 6.92 Å². The van der Waals surface area contributed by atoms with E-state index in [0.29, 0.717) is 31.1 Å². The molecule has 114 valence electrons. The number of benzene rings is 1. The number of carbonyl (C=O) groups excluding carboxylic acids is 1. The van der Waals surface area contributed by atoms with E-state index in [0.717, 1.165) is 0 Å². The van der Waals surface area contributed by atoms with E-state index < -0.39 is 5.82 Å². The average molecular weight is 332 g/mol. The molecule has 0 amide bonds. The summed E-state index contributed by atoms with van der Waals surface area (Å²) in [5.41, 5.74) is 1.15. The highest BCUT2D eigenvalue weighted by atomic mass is 35.5. The molecule has 4 nitrogen and oxygen atoms in total.